The summed E-state index contributed by atoms with van der Waals surface area (Å²) in [5, 5.41) is 9.59. The van der Waals surface area contributed by atoms with Crippen molar-refractivity contribution >= 4 is 15.7 Å². The number of rotatable bonds is 5. The highest BCUT2D eigenvalue weighted by atomic mass is 32.2. The monoisotopic (exact) mass is 291 g/mol. The summed E-state index contributed by atoms with van der Waals surface area (Å²) < 4.78 is 26.6. The Morgan fingerprint density at radius 3 is 2.00 bits per heavy atom. The van der Waals surface area contributed by atoms with Gasteiger partial charge in [-0.25, -0.2) is 8.42 Å². The van der Waals surface area contributed by atoms with E-state index in [9.17, 15) is 13.5 Å². The van der Waals surface area contributed by atoms with Crippen LogP contribution < -0.4 is 4.31 Å². The van der Waals surface area contributed by atoms with Gasteiger partial charge in [-0.3, -0.25) is 4.31 Å². The highest BCUT2D eigenvalue weighted by Gasteiger charge is 2.25. The molecule has 0 aliphatic heterocycles. The lowest BCUT2D eigenvalue weighted by molar-refractivity contribution is 0.204. The molecule has 0 bridgehead atoms. The standard InChI is InChI=1S/C15H17NO3S/c1-13(17)12-16(14-8-4-2-5-9-14)20(18,19)15-10-6-3-7-11-15/h2-11,13,17H,12H2,1H3. The molecule has 4 nitrogen and oxygen atoms in total. The Balaban J connectivity index is 2.47. The fourth-order valence-electron chi connectivity index (χ4n) is 1.90. The average Bonchev–Trinajstić information content (AvgIpc) is 2.46. The van der Waals surface area contributed by atoms with Crippen molar-refractivity contribution in [3.8, 4) is 0 Å². The molecule has 106 valence electrons. The molecule has 0 saturated carbocycles. The third-order valence-corrected chi connectivity index (χ3v) is 4.61. The van der Waals surface area contributed by atoms with Crippen molar-refractivity contribution in [3.63, 3.8) is 0 Å². The zero-order valence-corrected chi connectivity index (χ0v) is 12.0. The minimum atomic E-state index is -3.68. The molecule has 0 aromatic heterocycles. The van der Waals surface area contributed by atoms with Crippen LogP contribution in [0.2, 0.25) is 0 Å². The molecule has 0 saturated heterocycles. The molecule has 0 heterocycles. The van der Waals surface area contributed by atoms with Crippen LogP contribution in [-0.2, 0) is 10.0 Å². The van der Waals surface area contributed by atoms with Gasteiger partial charge in [0, 0.05) is 0 Å². The molecule has 0 fully saturated rings. The largest absolute Gasteiger partial charge is 0.392 e. The zero-order chi connectivity index (χ0) is 14.6. The normalized spacial score (nSPS) is 12.9. The molecule has 1 unspecified atom stereocenters. The molecule has 0 spiro atoms. The van der Waals surface area contributed by atoms with Crippen molar-refractivity contribution in [1.29, 1.82) is 0 Å². The van der Waals surface area contributed by atoms with Crippen molar-refractivity contribution in [2.75, 3.05) is 10.8 Å². The Morgan fingerprint density at radius 1 is 1.00 bits per heavy atom. The first-order valence-corrected chi connectivity index (χ1v) is 7.77. The summed E-state index contributed by atoms with van der Waals surface area (Å²) in [5.74, 6) is 0. The number of anilines is 1. The van der Waals surface area contributed by atoms with Crippen LogP contribution in [0, 0.1) is 0 Å². The summed E-state index contributed by atoms with van der Waals surface area (Å²) in [7, 11) is -3.68. The summed E-state index contributed by atoms with van der Waals surface area (Å²) in [6.07, 6.45) is -0.756. The van der Waals surface area contributed by atoms with Crippen LogP contribution in [0.1, 0.15) is 6.92 Å². The molecule has 2 aromatic carbocycles. The Hall–Kier alpha value is -1.85. The van der Waals surface area contributed by atoms with Gasteiger partial charge in [0.05, 0.1) is 23.2 Å². The van der Waals surface area contributed by atoms with Gasteiger partial charge in [0.1, 0.15) is 0 Å². The molecule has 1 atom stereocenters. The summed E-state index contributed by atoms with van der Waals surface area (Å²) >= 11 is 0. The van der Waals surface area contributed by atoms with E-state index in [0.717, 1.165) is 0 Å². The highest BCUT2D eigenvalue weighted by Crippen LogP contribution is 2.23. The molecular formula is C15H17NO3S. The summed E-state index contributed by atoms with van der Waals surface area (Å²) in [6, 6.07) is 17.0. The third-order valence-electron chi connectivity index (χ3n) is 2.81. The molecule has 0 aliphatic rings. The van der Waals surface area contributed by atoms with Crippen LogP contribution in [0.4, 0.5) is 5.69 Å². The number of sulfonamides is 1. The molecular weight excluding hydrogens is 274 g/mol. The van der Waals surface area contributed by atoms with Crippen LogP contribution >= 0.6 is 0 Å². The number of aliphatic hydroxyl groups is 1. The quantitative estimate of drug-likeness (QED) is 0.919. The molecule has 20 heavy (non-hydrogen) atoms. The zero-order valence-electron chi connectivity index (χ0n) is 11.2. The summed E-state index contributed by atoms with van der Waals surface area (Å²) in [6.45, 7) is 1.58. The molecule has 5 heteroatoms. The van der Waals surface area contributed by atoms with Gasteiger partial charge in [-0.15, -0.1) is 0 Å². The summed E-state index contributed by atoms with van der Waals surface area (Å²) in [4.78, 5) is 0.213. The van der Waals surface area contributed by atoms with Crippen LogP contribution in [0.15, 0.2) is 65.6 Å². The van der Waals surface area contributed by atoms with E-state index in [2.05, 4.69) is 0 Å². The van der Waals surface area contributed by atoms with E-state index >= 15 is 0 Å². The number of nitrogens with zero attached hydrogens (tertiary/aromatic N) is 1. The molecule has 1 N–H and O–H groups in total. The number of aliphatic hydroxyl groups excluding tert-OH is 1. The van der Waals surface area contributed by atoms with E-state index in [-0.39, 0.29) is 11.4 Å². The van der Waals surface area contributed by atoms with Crippen molar-refractivity contribution in [3.05, 3.63) is 60.7 Å². The van der Waals surface area contributed by atoms with E-state index in [4.69, 9.17) is 0 Å². The van der Waals surface area contributed by atoms with Gasteiger partial charge in [0.25, 0.3) is 10.0 Å². The highest BCUT2D eigenvalue weighted by molar-refractivity contribution is 7.92. The van der Waals surface area contributed by atoms with Crippen molar-refractivity contribution in [2.24, 2.45) is 0 Å². The second-order valence-corrected chi connectivity index (χ2v) is 6.40. The Labute approximate surface area is 119 Å². The van der Waals surface area contributed by atoms with Crippen LogP contribution in [0.3, 0.4) is 0 Å². The van der Waals surface area contributed by atoms with Gasteiger partial charge >= 0.3 is 0 Å². The van der Waals surface area contributed by atoms with E-state index in [1.54, 1.807) is 61.5 Å². The second kappa shape index (κ2) is 6.07. The van der Waals surface area contributed by atoms with Crippen LogP contribution in [0.25, 0.3) is 0 Å². The fraction of sp³-hybridized carbons (Fsp3) is 0.200. The molecule has 0 amide bonds. The number of hydrogen-bond donors (Lipinski definition) is 1. The maximum Gasteiger partial charge on any atom is 0.264 e. The Bertz CT molecular complexity index is 639. The minimum Gasteiger partial charge on any atom is -0.392 e. The van der Waals surface area contributed by atoms with Gasteiger partial charge in [-0.05, 0) is 31.2 Å². The van der Waals surface area contributed by atoms with Crippen LogP contribution in [0.5, 0.6) is 0 Å². The van der Waals surface area contributed by atoms with Crippen molar-refractivity contribution < 1.29 is 13.5 Å². The summed E-state index contributed by atoms with van der Waals surface area (Å²) in [5.41, 5.74) is 0.539. The molecule has 2 aromatic rings. The van der Waals surface area contributed by atoms with E-state index < -0.39 is 16.1 Å². The maximum absolute atomic E-state index is 12.7. The lowest BCUT2D eigenvalue weighted by Crippen LogP contribution is -2.36. The lowest BCUT2D eigenvalue weighted by Gasteiger charge is -2.25. The van der Waals surface area contributed by atoms with Crippen molar-refractivity contribution in [2.45, 2.75) is 17.9 Å². The molecule has 2 rings (SSSR count). The predicted octanol–water partition coefficient (Wildman–Crippen LogP) is 2.26. The first-order valence-electron chi connectivity index (χ1n) is 6.33. The predicted molar refractivity (Wildman–Crippen MR) is 79.1 cm³/mol. The van der Waals surface area contributed by atoms with Gasteiger partial charge in [0.2, 0.25) is 0 Å². The molecule has 0 aliphatic carbocycles. The maximum atomic E-state index is 12.7. The van der Waals surface area contributed by atoms with Gasteiger partial charge < -0.3 is 5.11 Å². The number of benzene rings is 2. The first kappa shape index (κ1) is 14.6. The smallest absolute Gasteiger partial charge is 0.264 e. The van der Waals surface area contributed by atoms with E-state index in [1.807, 2.05) is 6.07 Å². The SMILES string of the molecule is CC(O)CN(c1ccccc1)S(=O)(=O)c1ccccc1. The number of para-hydroxylation sites is 1. The fourth-order valence-corrected chi connectivity index (χ4v) is 3.46. The average molecular weight is 291 g/mol. The topological polar surface area (TPSA) is 57.6 Å². The molecule has 0 radical (unpaired) electrons. The van der Waals surface area contributed by atoms with Gasteiger partial charge in [0.15, 0.2) is 0 Å². The number of hydrogen-bond acceptors (Lipinski definition) is 3. The lowest BCUT2D eigenvalue weighted by atomic mass is 10.3. The Kier molecular flexibility index (Phi) is 4.42. The van der Waals surface area contributed by atoms with Gasteiger partial charge in [-0.2, -0.15) is 0 Å². The third kappa shape index (κ3) is 3.18. The second-order valence-electron chi connectivity index (χ2n) is 4.53. The first-order chi connectivity index (χ1) is 9.51. The van der Waals surface area contributed by atoms with Crippen molar-refractivity contribution in [1.82, 2.24) is 0 Å². The minimum absolute atomic E-state index is 0.0151. The van der Waals surface area contributed by atoms with E-state index in [0.29, 0.717) is 5.69 Å². The van der Waals surface area contributed by atoms with E-state index in [1.165, 1.54) is 4.31 Å². The van der Waals surface area contributed by atoms with Gasteiger partial charge in [-0.1, -0.05) is 36.4 Å². The van der Waals surface area contributed by atoms with Crippen LogP contribution in [-0.4, -0.2) is 26.2 Å². The Morgan fingerprint density at radius 2 is 1.50 bits per heavy atom.